The van der Waals surface area contributed by atoms with Crippen molar-refractivity contribution >= 4 is 5.69 Å². The highest BCUT2D eigenvalue weighted by Crippen LogP contribution is 2.17. The smallest absolute Gasteiger partial charge is 0.272 e. The van der Waals surface area contributed by atoms with Gasteiger partial charge in [0.25, 0.3) is 5.69 Å². The van der Waals surface area contributed by atoms with Crippen LogP contribution in [0.4, 0.5) is 5.69 Å². The van der Waals surface area contributed by atoms with E-state index in [1.807, 2.05) is 18.0 Å². The van der Waals surface area contributed by atoms with Crippen molar-refractivity contribution in [2.45, 2.75) is 6.42 Å². The first-order valence-corrected chi connectivity index (χ1v) is 4.93. The van der Waals surface area contributed by atoms with Gasteiger partial charge >= 0.3 is 0 Å². The Morgan fingerprint density at radius 2 is 2.19 bits per heavy atom. The maximum atomic E-state index is 10.7. The predicted octanol–water partition coefficient (Wildman–Crippen LogP) is 1.59. The van der Waals surface area contributed by atoms with Crippen molar-refractivity contribution in [3.8, 4) is 6.07 Å². The summed E-state index contributed by atoms with van der Waals surface area (Å²) >= 11 is 0. The third-order valence-corrected chi connectivity index (χ3v) is 2.29. The Labute approximate surface area is 94.1 Å². The Morgan fingerprint density at radius 3 is 2.81 bits per heavy atom. The summed E-state index contributed by atoms with van der Waals surface area (Å²) in [5, 5.41) is 19.2. The highest BCUT2D eigenvalue weighted by Gasteiger charge is 2.12. The largest absolute Gasteiger partial charge is 0.293 e. The van der Waals surface area contributed by atoms with Crippen molar-refractivity contribution in [3.05, 3.63) is 39.9 Å². The number of para-hydroxylation sites is 1. The van der Waals surface area contributed by atoms with E-state index in [-0.39, 0.29) is 10.6 Å². The van der Waals surface area contributed by atoms with Crippen LogP contribution >= 0.6 is 0 Å². The first kappa shape index (κ1) is 12.1. The lowest BCUT2D eigenvalue weighted by Gasteiger charge is -2.11. The van der Waals surface area contributed by atoms with Gasteiger partial charge in [0, 0.05) is 18.2 Å². The van der Waals surface area contributed by atoms with E-state index in [0.717, 1.165) is 0 Å². The molecule has 0 radical (unpaired) electrons. The van der Waals surface area contributed by atoms with Gasteiger partial charge in [-0.25, -0.2) is 0 Å². The average molecular weight is 219 g/mol. The zero-order chi connectivity index (χ0) is 12.0. The summed E-state index contributed by atoms with van der Waals surface area (Å²) in [5.41, 5.74) is 0.852. The van der Waals surface area contributed by atoms with Crippen LogP contribution in [0.1, 0.15) is 5.56 Å². The van der Waals surface area contributed by atoms with Crippen LogP contribution < -0.4 is 0 Å². The number of nitro groups is 1. The number of hydrogen-bond donors (Lipinski definition) is 0. The molecule has 0 saturated heterocycles. The monoisotopic (exact) mass is 219 g/mol. The minimum Gasteiger partial charge on any atom is -0.293 e. The van der Waals surface area contributed by atoms with Gasteiger partial charge in [-0.15, -0.1) is 0 Å². The lowest BCUT2D eigenvalue weighted by molar-refractivity contribution is -0.385. The second-order valence-corrected chi connectivity index (χ2v) is 3.53. The first-order valence-electron chi connectivity index (χ1n) is 4.93. The van der Waals surface area contributed by atoms with Crippen molar-refractivity contribution in [2.24, 2.45) is 0 Å². The fraction of sp³-hybridized carbons (Fsp3) is 0.364. The van der Waals surface area contributed by atoms with Crippen LogP contribution in [0, 0.1) is 21.4 Å². The summed E-state index contributed by atoms with van der Waals surface area (Å²) in [6.07, 6.45) is 0.579. The molecule has 0 aliphatic rings. The molecule has 0 spiro atoms. The maximum Gasteiger partial charge on any atom is 0.272 e. The lowest BCUT2D eigenvalue weighted by atomic mass is 10.1. The number of nitriles is 1. The average Bonchev–Trinajstić information content (AvgIpc) is 2.27. The molecule has 0 bridgehead atoms. The summed E-state index contributed by atoms with van der Waals surface area (Å²) in [7, 11) is 1.82. The van der Waals surface area contributed by atoms with Crippen molar-refractivity contribution < 1.29 is 4.92 Å². The van der Waals surface area contributed by atoms with E-state index < -0.39 is 0 Å². The molecular formula is C11H13N3O2. The molecule has 1 rings (SSSR count). The number of nitro benzene ring substituents is 1. The van der Waals surface area contributed by atoms with Gasteiger partial charge in [0.15, 0.2) is 0 Å². The quantitative estimate of drug-likeness (QED) is 0.428. The van der Waals surface area contributed by atoms with Crippen LogP contribution in [-0.2, 0) is 6.42 Å². The van der Waals surface area contributed by atoms with Crippen LogP contribution in [0.3, 0.4) is 0 Å². The normalized spacial score (nSPS) is 10.1. The predicted molar refractivity (Wildman–Crippen MR) is 59.9 cm³/mol. The van der Waals surface area contributed by atoms with E-state index in [1.165, 1.54) is 6.07 Å². The molecule has 0 aliphatic heterocycles. The Hall–Kier alpha value is -1.93. The van der Waals surface area contributed by atoms with E-state index in [9.17, 15) is 10.1 Å². The van der Waals surface area contributed by atoms with Gasteiger partial charge in [0.2, 0.25) is 0 Å². The fourth-order valence-corrected chi connectivity index (χ4v) is 1.41. The molecule has 0 unspecified atom stereocenters. The molecule has 0 aliphatic carbocycles. The molecule has 5 nitrogen and oxygen atoms in total. The van der Waals surface area contributed by atoms with Gasteiger partial charge in [0.05, 0.1) is 17.5 Å². The van der Waals surface area contributed by atoms with Crippen LogP contribution in [0.5, 0.6) is 0 Å². The van der Waals surface area contributed by atoms with Gasteiger partial charge in [-0.2, -0.15) is 5.26 Å². The SMILES string of the molecule is CN(CC#N)CCc1ccccc1[N+](=O)[O-]. The third-order valence-electron chi connectivity index (χ3n) is 2.29. The lowest BCUT2D eigenvalue weighted by Crippen LogP contribution is -2.21. The van der Waals surface area contributed by atoms with Gasteiger partial charge in [0.1, 0.15) is 0 Å². The second-order valence-electron chi connectivity index (χ2n) is 3.53. The topological polar surface area (TPSA) is 70.2 Å². The Morgan fingerprint density at radius 1 is 1.50 bits per heavy atom. The van der Waals surface area contributed by atoms with Crippen molar-refractivity contribution in [1.82, 2.24) is 4.90 Å². The first-order chi connectivity index (χ1) is 7.65. The minimum absolute atomic E-state index is 0.146. The minimum atomic E-state index is -0.375. The highest BCUT2D eigenvalue weighted by atomic mass is 16.6. The molecule has 84 valence electrons. The zero-order valence-electron chi connectivity index (χ0n) is 9.09. The molecule has 16 heavy (non-hydrogen) atoms. The molecule has 5 heteroatoms. The van der Waals surface area contributed by atoms with Crippen LogP contribution in [-0.4, -0.2) is 30.0 Å². The molecular weight excluding hydrogens is 206 g/mol. The van der Waals surface area contributed by atoms with Gasteiger partial charge < -0.3 is 0 Å². The van der Waals surface area contributed by atoms with Crippen LogP contribution in [0.2, 0.25) is 0 Å². The second kappa shape index (κ2) is 5.83. The molecule has 1 aromatic carbocycles. The molecule has 0 fully saturated rings. The van der Waals surface area contributed by atoms with Crippen molar-refractivity contribution in [1.29, 1.82) is 5.26 Å². The molecule has 0 aromatic heterocycles. The maximum absolute atomic E-state index is 10.7. The number of rotatable bonds is 5. The number of hydrogen-bond acceptors (Lipinski definition) is 4. The van der Waals surface area contributed by atoms with E-state index >= 15 is 0 Å². The van der Waals surface area contributed by atoms with Crippen molar-refractivity contribution in [3.63, 3.8) is 0 Å². The Balaban J connectivity index is 2.67. The highest BCUT2D eigenvalue weighted by molar-refractivity contribution is 5.39. The third kappa shape index (κ3) is 3.33. The van der Waals surface area contributed by atoms with E-state index in [1.54, 1.807) is 18.2 Å². The molecule has 1 aromatic rings. The Kier molecular flexibility index (Phi) is 4.42. The number of benzene rings is 1. The van der Waals surface area contributed by atoms with E-state index in [0.29, 0.717) is 25.1 Å². The van der Waals surface area contributed by atoms with Gasteiger partial charge in [-0.05, 0) is 13.5 Å². The molecule has 0 heterocycles. The zero-order valence-corrected chi connectivity index (χ0v) is 9.09. The van der Waals surface area contributed by atoms with E-state index in [4.69, 9.17) is 5.26 Å². The molecule has 0 saturated carbocycles. The summed E-state index contributed by atoms with van der Waals surface area (Å²) in [4.78, 5) is 12.2. The van der Waals surface area contributed by atoms with E-state index in [2.05, 4.69) is 0 Å². The fourth-order valence-electron chi connectivity index (χ4n) is 1.41. The molecule has 0 atom stereocenters. The van der Waals surface area contributed by atoms with Crippen molar-refractivity contribution in [2.75, 3.05) is 20.1 Å². The molecule has 0 N–H and O–H groups in total. The summed E-state index contributed by atoms with van der Waals surface area (Å²) in [6.45, 7) is 0.971. The summed E-state index contributed by atoms with van der Waals surface area (Å²) in [6, 6.07) is 8.72. The summed E-state index contributed by atoms with van der Waals surface area (Å²) in [5.74, 6) is 0. The van der Waals surface area contributed by atoms with Gasteiger partial charge in [-0.3, -0.25) is 15.0 Å². The van der Waals surface area contributed by atoms with Crippen LogP contribution in [0.25, 0.3) is 0 Å². The molecule has 0 amide bonds. The van der Waals surface area contributed by atoms with Gasteiger partial charge in [-0.1, -0.05) is 18.2 Å². The standard InChI is InChI=1S/C11H13N3O2/c1-13(9-7-12)8-6-10-4-2-3-5-11(10)14(15)16/h2-5H,6,8-9H2,1H3. The number of nitrogens with zero attached hydrogens (tertiary/aromatic N) is 3. The summed E-state index contributed by atoms with van der Waals surface area (Å²) < 4.78 is 0. The van der Waals surface area contributed by atoms with Crippen LogP contribution in [0.15, 0.2) is 24.3 Å². The Bertz CT molecular complexity index is 412. The number of likely N-dealkylation sites (N-methyl/N-ethyl adjacent to an activating group) is 1.